The van der Waals surface area contributed by atoms with Crippen LogP contribution in [0.2, 0.25) is 0 Å². The number of carbonyl (C=O) groups is 2. The van der Waals surface area contributed by atoms with Crippen LogP contribution >= 0.6 is 11.5 Å². The van der Waals surface area contributed by atoms with Crippen LogP contribution in [0.3, 0.4) is 0 Å². The molecule has 0 bridgehead atoms. The lowest BCUT2D eigenvalue weighted by atomic mass is 9.69. The summed E-state index contributed by atoms with van der Waals surface area (Å²) in [6.07, 6.45) is 2.16. The van der Waals surface area contributed by atoms with E-state index >= 15 is 0 Å². The second-order valence-corrected chi connectivity index (χ2v) is 6.02. The Kier molecular flexibility index (Phi) is 3.84. The lowest BCUT2D eigenvalue weighted by molar-refractivity contribution is -0.153. The van der Waals surface area contributed by atoms with E-state index in [4.69, 9.17) is 0 Å². The lowest BCUT2D eigenvalue weighted by Crippen LogP contribution is -2.47. The number of carboxylic acids is 1. The van der Waals surface area contributed by atoms with E-state index in [0.29, 0.717) is 23.4 Å². The molecule has 0 radical (unpaired) electrons. The Labute approximate surface area is 115 Å². The zero-order chi connectivity index (χ0) is 14.0. The number of hydrogen-bond donors (Lipinski definition) is 2. The molecule has 0 aromatic carbocycles. The van der Waals surface area contributed by atoms with Gasteiger partial charge in [0.15, 0.2) is 0 Å². The van der Waals surface area contributed by atoms with Crippen molar-refractivity contribution in [1.82, 2.24) is 14.9 Å². The molecule has 0 saturated heterocycles. The van der Waals surface area contributed by atoms with Gasteiger partial charge in [-0.2, -0.15) is 0 Å². The van der Waals surface area contributed by atoms with Crippen molar-refractivity contribution < 1.29 is 14.7 Å². The molecule has 0 spiro atoms. The molecule has 6 nitrogen and oxygen atoms in total. The maximum atomic E-state index is 12.1. The average Bonchev–Trinajstić information content (AvgIpc) is 2.75. The van der Waals surface area contributed by atoms with Crippen molar-refractivity contribution in [2.24, 2.45) is 5.41 Å². The second-order valence-electron chi connectivity index (χ2n) is 5.26. The van der Waals surface area contributed by atoms with Crippen molar-refractivity contribution in [3.8, 4) is 0 Å². The van der Waals surface area contributed by atoms with Gasteiger partial charge in [-0.05, 0) is 30.3 Å². The highest BCUT2D eigenvalue weighted by Crippen LogP contribution is 2.40. The molecular formula is C12H17N3O3S. The summed E-state index contributed by atoms with van der Waals surface area (Å²) in [7, 11) is 0. The van der Waals surface area contributed by atoms with Crippen LogP contribution in [0.25, 0.3) is 0 Å². The van der Waals surface area contributed by atoms with Gasteiger partial charge in [0, 0.05) is 6.54 Å². The van der Waals surface area contributed by atoms with Gasteiger partial charge in [0.25, 0.3) is 5.91 Å². The van der Waals surface area contributed by atoms with Crippen molar-refractivity contribution in [2.75, 3.05) is 6.54 Å². The molecule has 1 aliphatic rings. The van der Waals surface area contributed by atoms with E-state index in [1.54, 1.807) is 0 Å². The van der Waals surface area contributed by atoms with E-state index in [2.05, 4.69) is 14.9 Å². The molecule has 1 heterocycles. The maximum absolute atomic E-state index is 12.1. The van der Waals surface area contributed by atoms with E-state index in [9.17, 15) is 14.7 Å². The summed E-state index contributed by atoms with van der Waals surface area (Å²) < 4.78 is 3.79. The molecule has 104 valence electrons. The fourth-order valence-corrected chi connectivity index (χ4v) is 2.87. The summed E-state index contributed by atoms with van der Waals surface area (Å²) in [4.78, 5) is 23.8. The third-order valence-electron chi connectivity index (χ3n) is 3.62. The lowest BCUT2D eigenvalue weighted by Gasteiger charge is -2.37. The summed E-state index contributed by atoms with van der Waals surface area (Å²) in [5, 5.41) is 15.9. The number of carbonyl (C=O) groups excluding carboxylic acids is 1. The van der Waals surface area contributed by atoms with Crippen molar-refractivity contribution in [1.29, 1.82) is 0 Å². The molecule has 0 atom stereocenters. The summed E-state index contributed by atoms with van der Waals surface area (Å²) >= 11 is 1.05. The first-order valence-corrected chi connectivity index (χ1v) is 7.07. The second kappa shape index (κ2) is 5.24. The fourth-order valence-electron chi connectivity index (χ4n) is 2.13. The Morgan fingerprint density at radius 2 is 2.16 bits per heavy atom. The molecule has 2 N–H and O–H groups in total. The van der Waals surface area contributed by atoms with Gasteiger partial charge in [-0.3, -0.25) is 9.59 Å². The number of nitrogens with zero attached hydrogens (tertiary/aromatic N) is 2. The van der Waals surface area contributed by atoms with Gasteiger partial charge < -0.3 is 10.4 Å². The van der Waals surface area contributed by atoms with Crippen molar-refractivity contribution >= 4 is 23.4 Å². The highest BCUT2D eigenvalue weighted by molar-refractivity contribution is 7.08. The molecule has 1 saturated carbocycles. The highest BCUT2D eigenvalue weighted by atomic mass is 32.1. The summed E-state index contributed by atoms with van der Waals surface area (Å²) in [6.45, 7) is 4.06. The van der Waals surface area contributed by atoms with Gasteiger partial charge in [0.1, 0.15) is 4.88 Å². The first kappa shape index (κ1) is 13.9. The van der Waals surface area contributed by atoms with Crippen LogP contribution in [0.5, 0.6) is 0 Å². The van der Waals surface area contributed by atoms with Gasteiger partial charge in [0.2, 0.25) is 0 Å². The van der Waals surface area contributed by atoms with Gasteiger partial charge in [0.05, 0.1) is 11.1 Å². The Bertz CT molecular complexity index is 494. The number of aromatic nitrogens is 2. The Hall–Kier alpha value is -1.50. The number of hydrogen-bond acceptors (Lipinski definition) is 5. The van der Waals surface area contributed by atoms with Crippen LogP contribution in [0.1, 0.15) is 54.4 Å². The smallest absolute Gasteiger partial charge is 0.311 e. The van der Waals surface area contributed by atoms with Crippen molar-refractivity contribution in [2.45, 2.75) is 39.0 Å². The molecule has 1 aromatic heterocycles. The number of rotatable bonds is 5. The van der Waals surface area contributed by atoms with Gasteiger partial charge in [-0.15, -0.1) is 5.10 Å². The largest absolute Gasteiger partial charge is 0.481 e. The first-order valence-electron chi connectivity index (χ1n) is 6.30. The monoisotopic (exact) mass is 283 g/mol. The van der Waals surface area contributed by atoms with Gasteiger partial charge >= 0.3 is 5.97 Å². The van der Waals surface area contributed by atoms with E-state index in [-0.39, 0.29) is 18.4 Å². The third-order valence-corrected chi connectivity index (χ3v) is 4.36. The van der Waals surface area contributed by atoms with E-state index < -0.39 is 11.4 Å². The molecule has 2 rings (SSSR count). The summed E-state index contributed by atoms with van der Waals surface area (Å²) in [6, 6.07) is 0. The predicted molar refractivity (Wildman–Crippen MR) is 70.3 cm³/mol. The number of aliphatic carboxylic acids is 1. The Balaban J connectivity index is 2.02. The normalized spacial score (nSPS) is 17.0. The third kappa shape index (κ3) is 2.60. The number of nitrogens with one attached hydrogen (secondary N) is 1. The SMILES string of the molecule is CC(C)c1nnsc1C(=O)NCC1(C(=O)O)CCC1. The minimum atomic E-state index is -0.828. The first-order chi connectivity index (χ1) is 8.96. The number of carboxylic acid groups (broad SMARTS) is 1. The zero-order valence-corrected chi connectivity index (χ0v) is 11.8. The molecule has 0 unspecified atom stereocenters. The predicted octanol–water partition coefficient (Wildman–Crippen LogP) is 1.65. The summed E-state index contributed by atoms with van der Waals surface area (Å²) in [5.41, 5.74) is -0.105. The quantitative estimate of drug-likeness (QED) is 0.857. The molecule has 1 fully saturated rings. The highest BCUT2D eigenvalue weighted by Gasteiger charge is 2.44. The molecule has 1 amide bonds. The van der Waals surface area contributed by atoms with Crippen LogP contribution in [0, 0.1) is 5.41 Å². The van der Waals surface area contributed by atoms with Crippen LogP contribution in [-0.4, -0.2) is 33.1 Å². The van der Waals surface area contributed by atoms with E-state index in [1.807, 2.05) is 13.8 Å². The van der Waals surface area contributed by atoms with Crippen LogP contribution in [0.4, 0.5) is 0 Å². The van der Waals surface area contributed by atoms with Crippen LogP contribution < -0.4 is 5.32 Å². The van der Waals surface area contributed by atoms with Crippen molar-refractivity contribution in [3.05, 3.63) is 10.6 Å². The Morgan fingerprint density at radius 1 is 1.47 bits per heavy atom. The molecule has 7 heteroatoms. The maximum Gasteiger partial charge on any atom is 0.311 e. The fraction of sp³-hybridized carbons (Fsp3) is 0.667. The van der Waals surface area contributed by atoms with E-state index in [1.165, 1.54) is 0 Å². The van der Waals surface area contributed by atoms with Crippen molar-refractivity contribution in [3.63, 3.8) is 0 Å². The molecule has 19 heavy (non-hydrogen) atoms. The van der Waals surface area contributed by atoms with Crippen LogP contribution in [-0.2, 0) is 4.79 Å². The molecular weight excluding hydrogens is 266 g/mol. The topological polar surface area (TPSA) is 92.2 Å². The Morgan fingerprint density at radius 3 is 2.63 bits per heavy atom. The summed E-state index contributed by atoms with van der Waals surface area (Å²) in [5.74, 6) is -0.978. The minimum absolute atomic E-state index is 0.122. The molecule has 1 aromatic rings. The zero-order valence-electron chi connectivity index (χ0n) is 11.0. The van der Waals surface area contributed by atoms with Gasteiger partial charge in [-0.25, -0.2) is 0 Å². The molecule has 0 aliphatic heterocycles. The average molecular weight is 283 g/mol. The van der Waals surface area contributed by atoms with E-state index in [0.717, 1.165) is 18.0 Å². The minimum Gasteiger partial charge on any atom is -0.481 e. The standard InChI is InChI=1S/C12H17N3O3S/c1-7(2)8-9(19-15-14-8)10(16)13-6-12(11(17)18)4-3-5-12/h7H,3-6H2,1-2H3,(H,13,16)(H,17,18). The number of amides is 1. The van der Waals surface area contributed by atoms with Crippen LogP contribution in [0.15, 0.2) is 0 Å². The molecule has 1 aliphatic carbocycles. The van der Waals surface area contributed by atoms with Gasteiger partial charge in [-0.1, -0.05) is 24.8 Å².